The molecule has 1 aliphatic carbocycles. The van der Waals surface area contributed by atoms with Crippen LogP contribution in [0.5, 0.6) is 0 Å². The molecule has 0 N–H and O–H groups in total. The predicted molar refractivity (Wildman–Crippen MR) is 71.3 cm³/mol. The summed E-state index contributed by atoms with van der Waals surface area (Å²) in [5, 5.41) is 8.10. The lowest BCUT2D eigenvalue weighted by molar-refractivity contribution is 0.0518. The van der Waals surface area contributed by atoms with Crippen molar-refractivity contribution in [3.63, 3.8) is 0 Å². The molecule has 0 amide bonds. The lowest BCUT2D eigenvalue weighted by Gasteiger charge is -2.06. The molecule has 0 unspecified atom stereocenters. The molecule has 0 saturated heterocycles. The van der Waals surface area contributed by atoms with Gasteiger partial charge in [-0.15, -0.1) is 5.10 Å². The Hall–Kier alpha value is -2.24. The summed E-state index contributed by atoms with van der Waals surface area (Å²) in [5.41, 5.74) is 2.13. The topological polar surface area (TPSA) is 69.9 Å². The molecule has 1 fully saturated rings. The number of pyridine rings is 1. The van der Waals surface area contributed by atoms with Gasteiger partial charge in [0.1, 0.15) is 0 Å². The molecule has 0 atom stereocenters. The molecular weight excluding hydrogens is 256 g/mol. The first kappa shape index (κ1) is 12.8. The fourth-order valence-corrected chi connectivity index (χ4v) is 2.19. The fraction of sp³-hybridized carbons (Fsp3) is 0.429. The van der Waals surface area contributed by atoms with Crippen LogP contribution in [0.2, 0.25) is 0 Å². The van der Waals surface area contributed by atoms with Gasteiger partial charge in [0.2, 0.25) is 0 Å². The van der Waals surface area contributed by atoms with Gasteiger partial charge >= 0.3 is 5.97 Å². The zero-order valence-electron chi connectivity index (χ0n) is 11.3. The zero-order valence-corrected chi connectivity index (χ0v) is 11.3. The normalized spacial score (nSPS) is 14.2. The number of nitrogens with zero attached hydrogens (tertiary/aromatic N) is 4. The van der Waals surface area contributed by atoms with Crippen LogP contribution in [0.4, 0.5) is 0 Å². The average Bonchev–Trinajstić information content (AvgIpc) is 3.21. The molecule has 1 aliphatic rings. The van der Waals surface area contributed by atoms with Crippen LogP contribution in [0.25, 0.3) is 0 Å². The Bertz CT molecular complexity index is 605. The number of carbonyl (C=O) groups is 1. The third-order valence-electron chi connectivity index (χ3n) is 3.24. The minimum Gasteiger partial charge on any atom is -0.461 e. The van der Waals surface area contributed by atoms with Crippen molar-refractivity contribution in [2.45, 2.75) is 32.2 Å². The maximum Gasteiger partial charge on any atom is 0.360 e. The Labute approximate surface area is 116 Å². The van der Waals surface area contributed by atoms with E-state index in [-0.39, 0.29) is 5.97 Å². The largest absolute Gasteiger partial charge is 0.461 e. The Morgan fingerprint density at radius 2 is 2.30 bits per heavy atom. The molecule has 6 nitrogen and oxygen atoms in total. The maximum absolute atomic E-state index is 11.9. The molecule has 104 valence electrons. The van der Waals surface area contributed by atoms with E-state index in [1.807, 2.05) is 18.2 Å². The van der Waals surface area contributed by atoms with Crippen molar-refractivity contribution in [2.75, 3.05) is 6.61 Å². The molecule has 1 saturated carbocycles. The van der Waals surface area contributed by atoms with E-state index >= 15 is 0 Å². The van der Waals surface area contributed by atoms with Gasteiger partial charge in [0.05, 0.1) is 24.5 Å². The van der Waals surface area contributed by atoms with Crippen molar-refractivity contribution < 1.29 is 9.53 Å². The number of carbonyl (C=O) groups excluding carboxylic acids is 1. The van der Waals surface area contributed by atoms with Gasteiger partial charge in [0, 0.05) is 12.1 Å². The minimum atomic E-state index is -0.387. The number of ether oxygens (including phenoxy) is 1. The molecular formula is C14H16N4O2. The SMILES string of the molecule is CCOC(=O)c1nnn(Cc2ccccn2)c1C1CC1. The highest BCUT2D eigenvalue weighted by Crippen LogP contribution is 2.41. The van der Waals surface area contributed by atoms with Crippen LogP contribution >= 0.6 is 0 Å². The first-order chi connectivity index (χ1) is 9.79. The van der Waals surface area contributed by atoms with Gasteiger partial charge in [0.25, 0.3) is 0 Å². The van der Waals surface area contributed by atoms with E-state index in [2.05, 4.69) is 15.3 Å². The standard InChI is InChI=1S/C14H16N4O2/c1-2-20-14(19)12-13(10-6-7-10)18(17-16-12)9-11-5-3-4-8-15-11/h3-5,8,10H,2,6-7,9H2,1H3. The van der Waals surface area contributed by atoms with Crippen molar-refractivity contribution in [3.8, 4) is 0 Å². The van der Waals surface area contributed by atoms with Gasteiger partial charge in [0.15, 0.2) is 5.69 Å². The third-order valence-corrected chi connectivity index (χ3v) is 3.24. The molecule has 3 rings (SSSR count). The number of hydrogen-bond donors (Lipinski definition) is 0. The van der Waals surface area contributed by atoms with Crippen molar-refractivity contribution in [1.82, 2.24) is 20.0 Å². The Morgan fingerprint density at radius 1 is 1.45 bits per heavy atom. The predicted octanol–water partition coefficient (Wildman–Crippen LogP) is 1.78. The highest BCUT2D eigenvalue weighted by molar-refractivity contribution is 5.88. The lowest BCUT2D eigenvalue weighted by atomic mass is 10.2. The average molecular weight is 272 g/mol. The maximum atomic E-state index is 11.9. The van der Waals surface area contributed by atoms with Crippen molar-refractivity contribution in [2.24, 2.45) is 0 Å². The van der Waals surface area contributed by atoms with Gasteiger partial charge < -0.3 is 4.74 Å². The highest BCUT2D eigenvalue weighted by atomic mass is 16.5. The molecule has 0 aliphatic heterocycles. The van der Waals surface area contributed by atoms with Crippen LogP contribution in [-0.2, 0) is 11.3 Å². The fourth-order valence-electron chi connectivity index (χ4n) is 2.19. The Balaban J connectivity index is 1.89. The van der Waals surface area contributed by atoms with E-state index in [1.54, 1.807) is 17.8 Å². The van der Waals surface area contributed by atoms with Gasteiger partial charge in [-0.25, -0.2) is 9.48 Å². The molecule has 2 aromatic rings. The molecule has 2 heterocycles. The summed E-state index contributed by atoms with van der Waals surface area (Å²) in [6.45, 7) is 2.65. The Kier molecular flexibility index (Phi) is 3.45. The monoisotopic (exact) mass is 272 g/mol. The van der Waals surface area contributed by atoms with Gasteiger partial charge in [-0.05, 0) is 31.9 Å². The number of rotatable bonds is 5. The van der Waals surface area contributed by atoms with E-state index in [9.17, 15) is 4.79 Å². The molecule has 0 radical (unpaired) electrons. The van der Waals surface area contributed by atoms with Crippen LogP contribution in [0.3, 0.4) is 0 Å². The van der Waals surface area contributed by atoms with E-state index in [0.29, 0.717) is 24.8 Å². The summed E-state index contributed by atoms with van der Waals surface area (Å²) >= 11 is 0. The van der Waals surface area contributed by atoms with Crippen LogP contribution in [0, 0.1) is 0 Å². The molecule has 6 heteroatoms. The van der Waals surface area contributed by atoms with E-state index in [0.717, 1.165) is 24.2 Å². The number of aromatic nitrogens is 4. The lowest BCUT2D eigenvalue weighted by Crippen LogP contribution is -2.11. The second-order valence-electron chi connectivity index (χ2n) is 4.80. The molecule has 0 bridgehead atoms. The van der Waals surface area contributed by atoms with Crippen LogP contribution < -0.4 is 0 Å². The smallest absolute Gasteiger partial charge is 0.360 e. The summed E-state index contributed by atoms with van der Waals surface area (Å²) in [6, 6.07) is 5.74. The third kappa shape index (κ3) is 2.54. The van der Waals surface area contributed by atoms with E-state index in [1.165, 1.54) is 0 Å². The first-order valence-corrected chi connectivity index (χ1v) is 6.80. The quantitative estimate of drug-likeness (QED) is 0.776. The van der Waals surface area contributed by atoms with Gasteiger partial charge in [-0.2, -0.15) is 0 Å². The van der Waals surface area contributed by atoms with Crippen molar-refractivity contribution in [3.05, 3.63) is 41.5 Å². The molecule has 2 aromatic heterocycles. The van der Waals surface area contributed by atoms with Crippen LogP contribution in [0.15, 0.2) is 24.4 Å². The highest BCUT2D eigenvalue weighted by Gasteiger charge is 2.34. The summed E-state index contributed by atoms with van der Waals surface area (Å²) in [4.78, 5) is 16.2. The summed E-state index contributed by atoms with van der Waals surface area (Å²) in [6.07, 6.45) is 3.89. The first-order valence-electron chi connectivity index (χ1n) is 6.80. The summed E-state index contributed by atoms with van der Waals surface area (Å²) < 4.78 is 6.81. The van der Waals surface area contributed by atoms with Crippen molar-refractivity contribution in [1.29, 1.82) is 0 Å². The van der Waals surface area contributed by atoms with Gasteiger partial charge in [-0.3, -0.25) is 4.98 Å². The van der Waals surface area contributed by atoms with E-state index in [4.69, 9.17) is 4.74 Å². The molecule has 20 heavy (non-hydrogen) atoms. The molecule has 0 aromatic carbocycles. The van der Waals surface area contributed by atoms with Gasteiger partial charge in [-0.1, -0.05) is 11.3 Å². The zero-order chi connectivity index (χ0) is 13.9. The second kappa shape index (κ2) is 5.40. The van der Waals surface area contributed by atoms with Crippen LogP contribution in [0.1, 0.15) is 47.6 Å². The number of esters is 1. The van der Waals surface area contributed by atoms with Crippen molar-refractivity contribution >= 4 is 5.97 Å². The Morgan fingerprint density at radius 3 is 2.95 bits per heavy atom. The second-order valence-corrected chi connectivity index (χ2v) is 4.80. The summed E-state index contributed by atoms with van der Waals surface area (Å²) in [7, 11) is 0. The molecule has 0 spiro atoms. The van der Waals surface area contributed by atoms with E-state index < -0.39 is 0 Å². The summed E-state index contributed by atoms with van der Waals surface area (Å²) in [5.74, 6) is -0.0187. The minimum absolute atomic E-state index is 0.343. The van der Waals surface area contributed by atoms with Crippen LogP contribution in [-0.4, -0.2) is 32.6 Å². The number of hydrogen-bond acceptors (Lipinski definition) is 5.